The van der Waals surface area contributed by atoms with Gasteiger partial charge < -0.3 is 15.0 Å². The molecule has 12 heteroatoms. The van der Waals surface area contributed by atoms with Crippen LogP contribution in [-0.2, 0) is 14.4 Å². The average Bonchev–Trinajstić information content (AvgIpc) is 3.83. The van der Waals surface area contributed by atoms with Crippen molar-refractivity contribution in [3.05, 3.63) is 115 Å². The second-order valence-corrected chi connectivity index (χ2v) is 16.1. The van der Waals surface area contributed by atoms with Crippen LogP contribution in [0, 0.1) is 35.4 Å². The van der Waals surface area contributed by atoms with Crippen LogP contribution in [-0.4, -0.2) is 34.6 Å². The molecule has 6 unspecified atom stereocenters. The third kappa shape index (κ3) is 4.98. The first-order valence-corrected chi connectivity index (χ1v) is 18.5. The first kappa shape index (κ1) is 30.8. The third-order valence-electron chi connectivity index (χ3n) is 10.5. The van der Waals surface area contributed by atoms with Gasteiger partial charge in [0, 0.05) is 31.8 Å². The van der Waals surface area contributed by atoms with Gasteiger partial charge in [-0.05, 0) is 89.5 Å². The summed E-state index contributed by atoms with van der Waals surface area (Å²) >= 11 is 6.38. The molecule has 49 heavy (non-hydrogen) atoms. The number of anilines is 2. The molecule has 1 saturated heterocycles. The molecule has 246 valence electrons. The minimum Gasteiger partial charge on any atom is -0.483 e. The van der Waals surface area contributed by atoms with Crippen molar-refractivity contribution in [3.8, 4) is 5.75 Å². The number of aromatic nitrogens is 1. The third-order valence-corrected chi connectivity index (χ3v) is 13.6. The van der Waals surface area contributed by atoms with Crippen LogP contribution in [0.5, 0.6) is 5.75 Å². The van der Waals surface area contributed by atoms with Crippen molar-refractivity contribution in [1.29, 1.82) is 0 Å². The zero-order valence-corrected chi connectivity index (χ0v) is 28.8. The number of hydrogen-bond donors (Lipinski definition) is 2. The molecule has 9 rings (SSSR count). The number of fused-ring (bicyclic) bond motifs is 10. The van der Waals surface area contributed by atoms with Crippen LogP contribution in [0.15, 0.2) is 99.2 Å². The van der Waals surface area contributed by atoms with Gasteiger partial charge in [-0.1, -0.05) is 57.6 Å². The van der Waals surface area contributed by atoms with Crippen molar-refractivity contribution in [2.75, 3.05) is 16.8 Å². The Hall–Kier alpha value is -4.26. The highest BCUT2D eigenvalue weighted by atomic mass is 79.9. The Bertz CT molecular complexity index is 2260. The van der Waals surface area contributed by atoms with Crippen LogP contribution >= 0.6 is 39.0 Å². The molecule has 3 amide bonds. The van der Waals surface area contributed by atoms with Gasteiger partial charge in [0.1, 0.15) is 11.6 Å². The Balaban J connectivity index is 1.04. The number of H-pyrrole nitrogens is 1. The largest absolute Gasteiger partial charge is 0.483 e. The summed E-state index contributed by atoms with van der Waals surface area (Å²) < 4.78 is 20.8. The lowest BCUT2D eigenvalue weighted by Gasteiger charge is -2.43. The van der Waals surface area contributed by atoms with Crippen molar-refractivity contribution < 1.29 is 23.5 Å². The van der Waals surface area contributed by atoms with E-state index in [0.717, 1.165) is 48.5 Å². The lowest BCUT2D eigenvalue weighted by molar-refractivity contribution is -0.123. The van der Waals surface area contributed by atoms with E-state index < -0.39 is 17.7 Å². The van der Waals surface area contributed by atoms with Crippen LogP contribution in [0.4, 0.5) is 15.8 Å². The maximum absolute atomic E-state index is 14.0. The van der Waals surface area contributed by atoms with E-state index in [4.69, 9.17) is 4.74 Å². The average molecular weight is 757 g/mol. The molecule has 2 saturated carbocycles. The van der Waals surface area contributed by atoms with E-state index in [0.29, 0.717) is 17.1 Å². The number of thioether (sulfide) groups is 1. The molecule has 2 N–H and O–H groups in total. The zero-order chi connectivity index (χ0) is 33.6. The second-order valence-electron chi connectivity index (χ2n) is 13.0. The molecule has 0 spiro atoms. The number of imide groups is 1. The van der Waals surface area contributed by atoms with E-state index in [-0.39, 0.29) is 58.1 Å². The zero-order valence-electron chi connectivity index (χ0n) is 25.6. The van der Waals surface area contributed by atoms with Crippen LogP contribution in [0.3, 0.4) is 0 Å². The maximum atomic E-state index is 14.0. The minimum atomic E-state index is -0.506. The van der Waals surface area contributed by atoms with E-state index in [2.05, 4.69) is 26.2 Å². The van der Waals surface area contributed by atoms with Gasteiger partial charge in [0.15, 0.2) is 6.61 Å². The Labute approximate surface area is 296 Å². The number of ether oxygens (including phenoxy) is 1. The Kier molecular flexibility index (Phi) is 7.33. The van der Waals surface area contributed by atoms with Gasteiger partial charge in [-0.3, -0.25) is 24.1 Å². The molecule has 1 aromatic heterocycles. The fourth-order valence-corrected chi connectivity index (χ4v) is 12.0. The molecule has 7 atom stereocenters. The van der Waals surface area contributed by atoms with Gasteiger partial charge in [0.25, 0.3) is 5.91 Å². The highest BCUT2D eigenvalue weighted by molar-refractivity contribution is 9.10. The standard InChI is InChI=1S/C37H27BrFN3O5S2/c38-19-6-12-26(47-16-27(43)40-21-9-5-17-3-1-2-4-18(17)13-21)23(14-19)28-29-24-15-25(32(29)48-34-33(28)49-37(46)41-34)31-30(24)35(44)42(36(31)45)22-10-7-20(39)8-11-22/h1-14,24-25,28-32H,15-16H2,(H,40,43)(H,41,46)/t24?,25?,28-,29?,30?,31?,32?/m1/s1. The summed E-state index contributed by atoms with van der Waals surface area (Å²) in [4.78, 5) is 58.8. The van der Waals surface area contributed by atoms with Crippen LogP contribution in [0.1, 0.15) is 22.8 Å². The van der Waals surface area contributed by atoms with Crippen molar-refractivity contribution in [1.82, 2.24) is 4.98 Å². The number of halogens is 2. The van der Waals surface area contributed by atoms with Crippen LogP contribution in [0.2, 0.25) is 0 Å². The second kappa shape index (κ2) is 11.7. The van der Waals surface area contributed by atoms with Gasteiger partial charge in [0.05, 0.1) is 22.5 Å². The predicted molar refractivity (Wildman–Crippen MR) is 190 cm³/mol. The Morgan fingerprint density at radius 3 is 2.49 bits per heavy atom. The fourth-order valence-electron chi connectivity index (χ4n) is 8.71. The summed E-state index contributed by atoms with van der Waals surface area (Å²) in [5, 5.41) is 5.77. The molecule has 4 aromatic carbocycles. The summed E-state index contributed by atoms with van der Waals surface area (Å²) in [6, 6.07) is 24.8. The molecule has 2 aliphatic carbocycles. The van der Waals surface area contributed by atoms with Gasteiger partial charge >= 0.3 is 4.87 Å². The number of thiazole rings is 1. The number of carbonyl (C=O) groups is 3. The monoisotopic (exact) mass is 755 g/mol. The molecule has 4 aliphatic rings. The molecular formula is C37H27BrFN3O5S2. The van der Waals surface area contributed by atoms with Gasteiger partial charge in [0.2, 0.25) is 11.8 Å². The molecule has 3 fully saturated rings. The smallest absolute Gasteiger partial charge is 0.305 e. The van der Waals surface area contributed by atoms with E-state index in [1.54, 1.807) is 11.8 Å². The number of aromatic amines is 1. The number of hydrogen-bond acceptors (Lipinski definition) is 7. The molecule has 8 nitrogen and oxygen atoms in total. The number of nitrogens with one attached hydrogen (secondary N) is 2. The number of nitrogens with zero attached hydrogens (tertiary/aromatic N) is 1. The summed E-state index contributed by atoms with van der Waals surface area (Å²) in [5.74, 6) is -2.27. The summed E-state index contributed by atoms with van der Waals surface area (Å²) in [7, 11) is 0. The lowest BCUT2D eigenvalue weighted by Crippen LogP contribution is -2.42. The lowest BCUT2D eigenvalue weighted by atomic mass is 9.68. The molecule has 2 bridgehead atoms. The summed E-state index contributed by atoms with van der Waals surface area (Å²) in [6.07, 6.45) is 0.723. The quantitative estimate of drug-likeness (QED) is 0.178. The van der Waals surface area contributed by atoms with E-state index in [1.165, 1.54) is 29.2 Å². The van der Waals surface area contributed by atoms with Crippen molar-refractivity contribution in [2.24, 2.45) is 29.6 Å². The summed E-state index contributed by atoms with van der Waals surface area (Å²) in [6.45, 7) is -0.233. The highest BCUT2D eigenvalue weighted by Gasteiger charge is 2.69. The molecule has 0 radical (unpaired) electrons. The van der Waals surface area contributed by atoms with Gasteiger partial charge in [-0.2, -0.15) is 0 Å². The van der Waals surface area contributed by atoms with Crippen molar-refractivity contribution >= 4 is 78.9 Å². The van der Waals surface area contributed by atoms with Crippen LogP contribution in [0.25, 0.3) is 10.8 Å². The molecular weight excluding hydrogens is 729 g/mol. The molecule has 2 aliphatic heterocycles. The maximum Gasteiger partial charge on any atom is 0.305 e. The number of amides is 3. The SMILES string of the molecule is O=C(COc1ccc(Br)cc1[C@H]1c2sc(=O)[nH]c2SC2C3CC(C4C(=O)N(c5ccc(F)cc5)C(=O)C34)C21)Nc1ccc2ccccc2c1. The normalized spacial score (nSPS) is 26.5. The molecule has 3 heterocycles. The first-order valence-electron chi connectivity index (χ1n) is 16.0. The summed E-state index contributed by atoms with van der Waals surface area (Å²) in [5.41, 5.74) is 1.86. The van der Waals surface area contributed by atoms with E-state index >= 15 is 0 Å². The van der Waals surface area contributed by atoms with Crippen molar-refractivity contribution in [2.45, 2.75) is 22.6 Å². The number of carbonyl (C=O) groups excluding carboxylic acids is 3. The highest BCUT2D eigenvalue weighted by Crippen LogP contribution is 2.69. The number of benzene rings is 4. The topological polar surface area (TPSA) is 109 Å². The predicted octanol–water partition coefficient (Wildman–Crippen LogP) is 7.19. The van der Waals surface area contributed by atoms with E-state index in [1.807, 2.05) is 60.7 Å². The van der Waals surface area contributed by atoms with E-state index in [9.17, 15) is 23.6 Å². The number of rotatable bonds is 6. The van der Waals surface area contributed by atoms with Gasteiger partial charge in [-0.25, -0.2) is 4.39 Å². The van der Waals surface area contributed by atoms with Crippen LogP contribution < -0.4 is 19.8 Å². The van der Waals surface area contributed by atoms with Gasteiger partial charge in [-0.15, -0.1) is 11.8 Å². The minimum absolute atomic E-state index is 0.0260. The van der Waals surface area contributed by atoms with Crippen molar-refractivity contribution in [3.63, 3.8) is 0 Å². The Morgan fingerprint density at radius 1 is 0.939 bits per heavy atom. The Morgan fingerprint density at radius 2 is 1.69 bits per heavy atom. The molecule has 5 aromatic rings. The first-order chi connectivity index (χ1) is 23.7. The fraction of sp³-hybridized carbons (Fsp3) is 0.243.